The molecule has 0 aliphatic rings. The van der Waals surface area contributed by atoms with Gasteiger partial charge in [-0.25, -0.2) is 0 Å². The Morgan fingerprint density at radius 1 is 0.783 bits per heavy atom. The fraction of sp³-hybridized carbons (Fsp3) is 0.714. The van der Waals surface area contributed by atoms with E-state index in [0.717, 1.165) is 0 Å². The molecule has 0 aromatic carbocycles. The zero-order chi connectivity index (χ0) is 17.1. The molecule has 8 N–H and O–H groups in total. The highest BCUT2D eigenvalue weighted by Gasteiger charge is 2.13. The molecule has 0 aliphatic carbocycles. The van der Waals surface area contributed by atoms with Gasteiger partial charge < -0.3 is 21.8 Å². The molecule has 0 heterocycles. The van der Waals surface area contributed by atoms with E-state index >= 15 is 0 Å². The molecule has 0 aromatic rings. The van der Waals surface area contributed by atoms with Crippen molar-refractivity contribution in [3.63, 3.8) is 0 Å². The lowest BCUT2D eigenvalue weighted by atomic mass is 10.4. The minimum absolute atomic E-state index is 0. The van der Waals surface area contributed by atoms with Gasteiger partial charge in [-0.3, -0.25) is 18.7 Å². The highest BCUT2D eigenvalue weighted by Crippen LogP contribution is 1.92. The quantitative estimate of drug-likeness (QED) is 0.139. The average Bonchev–Trinajstić information content (AvgIpc) is 2.26. The lowest BCUT2D eigenvalue weighted by Crippen LogP contribution is -2.13. The Kier molecular flexibility index (Phi) is 18.3. The smallest absolute Gasteiger partial charge is 0.425 e. The Morgan fingerprint density at radius 2 is 1.04 bits per heavy atom. The molecule has 0 spiro atoms. The van der Waals surface area contributed by atoms with E-state index < -0.39 is 32.7 Å². The van der Waals surface area contributed by atoms with Gasteiger partial charge >= 0.3 is 32.7 Å². The summed E-state index contributed by atoms with van der Waals surface area (Å²) < 4.78 is 67.9. The maximum absolute atomic E-state index is 10.6. The molecule has 0 amide bonds. The van der Waals surface area contributed by atoms with Crippen LogP contribution in [0.25, 0.3) is 0 Å². The van der Waals surface area contributed by atoms with Crippen molar-refractivity contribution in [1.29, 1.82) is 0 Å². The van der Waals surface area contributed by atoms with Crippen LogP contribution in [0.2, 0.25) is 0 Å². The summed E-state index contributed by atoms with van der Waals surface area (Å²) in [6, 6.07) is 0. The summed E-state index contributed by atoms with van der Waals surface area (Å²) in [5, 5.41) is 0. The van der Waals surface area contributed by atoms with E-state index in [4.69, 9.17) is 9.11 Å². The van der Waals surface area contributed by atoms with Gasteiger partial charge in [-0.1, -0.05) is 8.67 Å². The second-order valence-electron chi connectivity index (χ2n) is 2.78. The summed E-state index contributed by atoms with van der Waals surface area (Å²) in [4.78, 5) is 21.2. The topological polar surface area (TPSA) is 250 Å². The predicted octanol–water partition coefficient (Wildman–Crippen LogP) is -0.633. The van der Waals surface area contributed by atoms with Crippen molar-refractivity contribution in [3.05, 3.63) is 0 Å². The van der Waals surface area contributed by atoms with Crippen molar-refractivity contribution < 1.29 is 53.7 Å². The minimum Gasteiger partial charge on any atom is -0.466 e. The summed E-state index contributed by atoms with van der Waals surface area (Å²) in [5.74, 6) is -1.07. The number of hydrogen-bond acceptors (Lipinski definition) is 12. The summed E-state index contributed by atoms with van der Waals surface area (Å²) >= 11 is 0. The number of hydrogen-bond donors (Lipinski definition) is 4. The van der Waals surface area contributed by atoms with Crippen LogP contribution in [0.1, 0.15) is 20.3 Å². The third kappa shape index (κ3) is 29.3. The molecule has 0 atom stereocenters. The van der Waals surface area contributed by atoms with Crippen molar-refractivity contribution in [1.82, 2.24) is 12.3 Å². The van der Waals surface area contributed by atoms with E-state index in [9.17, 15) is 26.4 Å². The van der Waals surface area contributed by atoms with Gasteiger partial charge in [0.05, 0.1) is 13.2 Å². The summed E-state index contributed by atoms with van der Waals surface area (Å²) in [5.41, 5.74) is 0. The third-order valence-corrected chi connectivity index (χ3v) is 1.67. The van der Waals surface area contributed by atoms with Gasteiger partial charge in [0, 0.05) is 0 Å². The standard InChI is InChI=1S/C7H12O4.2H3N.H2O8S2/c1-3-10-6(8)5-7(9)11-4-2;;;1-9(2,3)7-8-10(4,5)6/h3-5H2,1-2H3;2*1H3;(H,1,2,3)(H,4,5,6). The Bertz CT molecular complexity index is 480. The number of ether oxygens (including phenoxy) is 2. The Balaban J connectivity index is -0.000000145. The fourth-order valence-corrected chi connectivity index (χ4v) is 1.17. The predicted molar refractivity (Wildman–Crippen MR) is 73.2 cm³/mol. The molecular formula is C7H20N2O12S2. The first-order valence-electron chi connectivity index (χ1n) is 5.05. The first kappa shape index (κ1) is 29.6. The van der Waals surface area contributed by atoms with Crippen LogP contribution in [-0.2, 0) is 48.5 Å². The van der Waals surface area contributed by atoms with Gasteiger partial charge in [0.2, 0.25) is 0 Å². The van der Waals surface area contributed by atoms with E-state index in [0.29, 0.717) is 0 Å². The fourth-order valence-electron chi connectivity index (χ4n) is 0.612. The van der Waals surface area contributed by atoms with Crippen LogP contribution in [0.15, 0.2) is 0 Å². The normalized spacial score (nSPS) is 10.1. The molecule has 23 heavy (non-hydrogen) atoms. The molecule has 0 rings (SSSR count). The monoisotopic (exact) mass is 388 g/mol. The molecule has 0 saturated carbocycles. The summed E-state index contributed by atoms with van der Waals surface area (Å²) in [6.45, 7) is 3.95. The van der Waals surface area contributed by atoms with Gasteiger partial charge in [-0.2, -0.15) is 16.8 Å². The van der Waals surface area contributed by atoms with E-state index in [1.54, 1.807) is 13.8 Å². The van der Waals surface area contributed by atoms with Gasteiger partial charge in [0.15, 0.2) is 0 Å². The molecule has 0 aromatic heterocycles. The van der Waals surface area contributed by atoms with E-state index in [2.05, 4.69) is 18.1 Å². The van der Waals surface area contributed by atoms with Crippen molar-refractivity contribution in [2.45, 2.75) is 20.3 Å². The number of rotatable bonds is 7. The van der Waals surface area contributed by atoms with Crippen molar-refractivity contribution in [2.24, 2.45) is 0 Å². The zero-order valence-electron chi connectivity index (χ0n) is 12.3. The molecule has 0 bridgehead atoms. The van der Waals surface area contributed by atoms with Crippen molar-refractivity contribution in [2.75, 3.05) is 13.2 Å². The van der Waals surface area contributed by atoms with Crippen molar-refractivity contribution >= 4 is 32.7 Å². The number of carbonyl (C=O) groups excluding carboxylic acids is 2. The van der Waals surface area contributed by atoms with Gasteiger partial charge in [0.25, 0.3) is 0 Å². The van der Waals surface area contributed by atoms with Crippen LogP contribution >= 0.6 is 0 Å². The minimum atomic E-state index is -5.02. The summed E-state index contributed by atoms with van der Waals surface area (Å²) in [7, 11) is -10.0. The SMILES string of the molecule is CCOC(=O)CC(=O)OCC.N.N.O=S(=O)(O)OOS(=O)(=O)O. The van der Waals surface area contributed by atoms with Crippen LogP contribution in [0, 0.1) is 0 Å². The number of esters is 2. The molecular weight excluding hydrogens is 368 g/mol. The van der Waals surface area contributed by atoms with E-state index in [1.165, 1.54) is 0 Å². The lowest BCUT2D eigenvalue weighted by Gasteiger charge is -2.00. The summed E-state index contributed by atoms with van der Waals surface area (Å²) in [6.07, 6.45) is -0.290. The lowest BCUT2D eigenvalue weighted by molar-refractivity contribution is -0.153. The molecule has 0 unspecified atom stereocenters. The highest BCUT2D eigenvalue weighted by atomic mass is 32.3. The average molecular weight is 388 g/mol. The molecule has 0 aliphatic heterocycles. The van der Waals surface area contributed by atoms with Crippen molar-refractivity contribution in [3.8, 4) is 0 Å². The van der Waals surface area contributed by atoms with E-state index in [-0.39, 0.29) is 31.9 Å². The molecule has 142 valence electrons. The van der Waals surface area contributed by atoms with Crippen LogP contribution < -0.4 is 12.3 Å². The second-order valence-corrected chi connectivity index (χ2v) is 4.76. The first-order chi connectivity index (χ1) is 9.41. The third-order valence-electron chi connectivity index (χ3n) is 1.10. The van der Waals surface area contributed by atoms with Gasteiger partial charge in [-0.05, 0) is 13.8 Å². The number of carbonyl (C=O) groups is 2. The molecule has 0 radical (unpaired) electrons. The Hall–Kier alpha value is -1.40. The van der Waals surface area contributed by atoms with Gasteiger partial charge in [0.1, 0.15) is 6.42 Å². The van der Waals surface area contributed by atoms with Crippen LogP contribution in [0.3, 0.4) is 0 Å². The molecule has 0 saturated heterocycles. The molecule has 16 heteroatoms. The molecule has 0 fully saturated rings. The maximum Gasteiger partial charge on any atom is 0.425 e. The van der Waals surface area contributed by atoms with Crippen LogP contribution in [0.5, 0.6) is 0 Å². The largest absolute Gasteiger partial charge is 0.466 e. The Morgan fingerprint density at radius 3 is 1.22 bits per heavy atom. The van der Waals surface area contributed by atoms with E-state index in [1.807, 2.05) is 0 Å². The second kappa shape index (κ2) is 14.2. The van der Waals surface area contributed by atoms with Gasteiger partial charge in [-0.15, -0.1) is 0 Å². The Labute approximate surface area is 133 Å². The first-order valence-corrected chi connectivity index (χ1v) is 7.78. The zero-order valence-corrected chi connectivity index (χ0v) is 14.0. The van der Waals surface area contributed by atoms with Crippen LogP contribution in [0.4, 0.5) is 0 Å². The maximum atomic E-state index is 10.6. The highest BCUT2D eigenvalue weighted by molar-refractivity contribution is 7.83. The van der Waals surface area contributed by atoms with Crippen LogP contribution in [-0.4, -0.2) is 51.1 Å². The molecule has 14 nitrogen and oxygen atoms in total.